The zero-order chi connectivity index (χ0) is 23.5. The van der Waals surface area contributed by atoms with Crippen molar-refractivity contribution in [3.05, 3.63) is 113 Å². The van der Waals surface area contributed by atoms with E-state index < -0.39 is 0 Å². The summed E-state index contributed by atoms with van der Waals surface area (Å²) < 4.78 is 3.49. The van der Waals surface area contributed by atoms with Crippen LogP contribution in [-0.2, 0) is 12.3 Å². The van der Waals surface area contributed by atoms with Crippen LogP contribution in [0.1, 0.15) is 15.9 Å². The van der Waals surface area contributed by atoms with Crippen molar-refractivity contribution in [2.24, 2.45) is 0 Å². The van der Waals surface area contributed by atoms with E-state index in [1.807, 2.05) is 83.3 Å². The van der Waals surface area contributed by atoms with E-state index >= 15 is 0 Å². The first-order chi connectivity index (χ1) is 16.7. The lowest BCUT2D eigenvalue weighted by molar-refractivity contribution is 0.102. The Morgan fingerprint density at radius 2 is 1.71 bits per heavy atom. The fourth-order valence-electron chi connectivity index (χ4n) is 3.75. The second-order valence-corrected chi connectivity index (χ2v) is 8.59. The molecule has 0 spiro atoms. The van der Waals surface area contributed by atoms with Crippen LogP contribution < -0.4 is 10.9 Å². The highest BCUT2D eigenvalue weighted by Crippen LogP contribution is 2.25. The Balaban J connectivity index is 1.39. The molecule has 0 aliphatic carbocycles. The number of hydrogen-bond acceptors (Lipinski definition) is 5. The Kier molecular flexibility index (Phi) is 5.97. The molecule has 0 aliphatic rings. The monoisotopic (exact) mass is 467 g/mol. The van der Waals surface area contributed by atoms with Crippen molar-refractivity contribution in [2.45, 2.75) is 17.5 Å². The smallest absolute Gasteiger partial charge is 0.263 e. The summed E-state index contributed by atoms with van der Waals surface area (Å²) in [7, 11) is 0. The van der Waals surface area contributed by atoms with Crippen LogP contribution in [0.2, 0.25) is 0 Å². The fraction of sp³-hybridized carbons (Fsp3) is 0.0769. The van der Waals surface area contributed by atoms with Crippen LogP contribution >= 0.6 is 11.8 Å². The Morgan fingerprint density at radius 3 is 2.47 bits per heavy atom. The number of fused-ring (bicyclic) bond motifs is 3. The molecule has 34 heavy (non-hydrogen) atoms. The van der Waals surface area contributed by atoms with Gasteiger partial charge >= 0.3 is 0 Å². The number of rotatable bonds is 7. The maximum atomic E-state index is 12.9. The summed E-state index contributed by atoms with van der Waals surface area (Å²) in [5.74, 6) is 0.968. The van der Waals surface area contributed by atoms with Gasteiger partial charge in [-0.15, -0.1) is 16.8 Å². The molecule has 1 amide bonds. The minimum absolute atomic E-state index is 0.115. The van der Waals surface area contributed by atoms with Crippen molar-refractivity contribution < 1.29 is 4.79 Å². The molecule has 2 aromatic heterocycles. The molecular formula is C26H21N5O2S. The van der Waals surface area contributed by atoms with Crippen molar-refractivity contribution in [1.82, 2.24) is 19.2 Å². The maximum Gasteiger partial charge on any atom is 0.263 e. The number of nitrogens with zero attached hydrogens (tertiary/aromatic N) is 4. The summed E-state index contributed by atoms with van der Waals surface area (Å²) in [5, 5.41) is 12.8. The Labute approximate surface area is 199 Å². The van der Waals surface area contributed by atoms with Gasteiger partial charge in [0.2, 0.25) is 5.78 Å². The van der Waals surface area contributed by atoms with Crippen LogP contribution in [0.25, 0.3) is 16.7 Å². The van der Waals surface area contributed by atoms with Crippen molar-refractivity contribution >= 4 is 40.0 Å². The summed E-state index contributed by atoms with van der Waals surface area (Å²) in [6.07, 6.45) is 1.67. The number of carbonyl (C=O) groups excluding carboxylic acids is 1. The molecule has 0 fully saturated rings. The Hall–Kier alpha value is -4.17. The summed E-state index contributed by atoms with van der Waals surface area (Å²) in [5.41, 5.74) is 3.04. The van der Waals surface area contributed by atoms with E-state index in [-0.39, 0.29) is 11.5 Å². The summed E-state index contributed by atoms with van der Waals surface area (Å²) in [4.78, 5) is 25.4. The van der Waals surface area contributed by atoms with Gasteiger partial charge in [0.05, 0.1) is 10.9 Å². The first-order valence-electron chi connectivity index (χ1n) is 10.7. The minimum Gasteiger partial charge on any atom is -0.322 e. The van der Waals surface area contributed by atoms with E-state index in [2.05, 4.69) is 22.1 Å². The molecule has 0 aliphatic heterocycles. The number of anilines is 1. The number of carbonyl (C=O) groups is 1. The average Bonchev–Trinajstić information content (AvgIpc) is 3.30. The zero-order valence-electron chi connectivity index (χ0n) is 18.2. The first kappa shape index (κ1) is 21.7. The number of nitrogens with one attached hydrogen (secondary N) is 1. The molecule has 0 radical (unpaired) electrons. The van der Waals surface area contributed by atoms with Crippen LogP contribution in [0, 0.1) is 0 Å². The minimum atomic E-state index is -0.152. The number of hydrogen-bond donors (Lipinski definition) is 1. The summed E-state index contributed by atoms with van der Waals surface area (Å²) in [6.45, 7) is 4.11. The lowest BCUT2D eigenvalue weighted by Gasteiger charge is -2.09. The zero-order valence-corrected chi connectivity index (χ0v) is 19.0. The second kappa shape index (κ2) is 9.36. The van der Waals surface area contributed by atoms with Crippen molar-refractivity contribution in [1.29, 1.82) is 0 Å². The Morgan fingerprint density at radius 1 is 0.971 bits per heavy atom. The highest BCUT2D eigenvalue weighted by atomic mass is 32.2. The molecule has 1 N–H and O–H groups in total. The summed E-state index contributed by atoms with van der Waals surface area (Å²) >= 11 is 1.52. The average molecular weight is 468 g/mol. The third-order valence-corrected chi connectivity index (χ3v) is 6.41. The predicted molar refractivity (Wildman–Crippen MR) is 135 cm³/mol. The van der Waals surface area contributed by atoms with Gasteiger partial charge in [-0.3, -0.25) is 18.6 Å². The molecule has 5 rings (SSSR count). The first-order valence-corrected chi connectivity index (χ1v) is 11.7. The van der Waals surface area contributed by atoms with Gasteiger partial charge in [0, 0.05) is 23.5 Å². The van der Waals surface area contributed by atoms with Crippen LogP contribution in [0.4, 0.5) is 5.69 Å². The van der Waals surface area contributed by atoms with Gasteiger partial charge in [-0.05, 0) is 42.0 Å². The standard InChI is InChI=1S/C26H21N5O2S/c1-2-16-30-24(33)21-10-6-7-11-22(21)31-25(30)28-29-26(31)34-17-18-12-14-19(15-13-18)23(32)27-20-8-4-3-5-9-20/h2-15H,1,16-17H2,(H,27,32). The number of allylic oxidation sites excluding steroid dienone is 1. The molecule has 168 valence electrons. The molecule has 0 saturated carbocycles. The lowest BCUT2D eigenvalue weighted by atomic mass is 10.1. The molecule has 0 bridgehead atoms. The van der Waals surface area contributed by atoms with Gasteiger partial charge in [-0.2, -0.15) is 0 Å². The molecule has 5 aromatic rings. The van der Waals surface area contributed by atoms with Crippen LogP contribution in [0.15, 0.2) is 101 Å². The highest BCUT2D eigenvalue weighted by molar-refractivity contribution is 7.98. The number of para-hydroxylation sites is 2. The largest absolute Gasteiger partial charge is 0.322 e. The molecule has 2 heterocycles. The second-order valence-electron chi connectivity index (χ2n) is 7.65. The molecule has 7 nitrogen and oxygen atoms in total. The number of benzene rings is 3. The van der Waals surface area contributed by atoms with E-state index in [0.717, 1.165) is 16.8 Å². The van der Waals surface area contributed by atoms with E-state index in [1.54, 1.807) is 10.6 Å². The molecular weight excluding hydrogens is 446 g/mol. The van der Waals surface area contributed by atoms with Gasteiger partial charge in [0.25, 0.3) is 11.5 Å². The highest BCUT2D eigenvalue weighted by Gasteiger charge is 2.16. The lowest BCUT2D eigenvalue weighted by Crippen LogP contribution is -2.22. The van der Waals surface area contributed by atoms with E-state index in [9.17, 15) is 9.59 Å². The van der Waals surface area contributed by atoms with Gasteiger partial charge in [0.15, 0.2) is 5.16 Å². The molecule has 0 atom stereocenters. The van der Waals surface area contributed by atoms with Crippen LogP contribution in [0.5, 0.6) is 0 Å². The van der Waals surface area contributed by atoms with Gasteiger partial charge < -0.3 is 5.32 Å². The molecule has 0 saturated heterocycles. The maximum absolute atomic E-state index is 12.9. The van der Waals surface area contributed by atoms with Gasteiger partial charge in [0.1, 0.15) is 0 Å². The van der Waals surface area contributed by atoms with Crippen LogP contribution in [0.3, 0.4) is 0 Å². The van der Waals surface area contributed by atoms with Crippen molar-refractivity contribution in [3.63, 3.8) is 0 Å². The number of aromatic nitrogens is 4. The third-order valence-electron chi connectivity index (χ3n) is 5.41. The van der Waals surface area contributed by atoms with E-state index in [1.165, 1.54) is 11.8 Å². The molecule has 3 aromatic carbocycles. The normalized spacial score (nSPS) is 11.1. The Bertz CT molecular complexity index is 1560. The molecule has 8 heteroatoms. The third kappa shape index (κ3) is 4.11. The number of amides is 1. The van der Waals surface area contributed by atoms with Crippen molar-refractivity contribution in [2.75, 3.05) is 5.32 Å². The van der Waals surface area contributed by atoms with Gasteiger partial charge in [-0.25, -0.2) is 0 Å². The van der Waals surface area contributed by atoms with E-state index in [0.29, 0.717) is 34.2 Å². The van der Waals surface area contributed by atoms with Crippen LogP contribution in [-0.4, -0.2) is 25.1 Å². The predicted octanol–water partition coefficient (Wildman–Crippen LogP) is 4.77. The topological polar surface area (TPSA) is 81.3 Å². The number of thioether (sulfide) groups is 1. The SMILES string of the molecule is C=CCn1c(=O)c2ccccc2n2c(SCc3ccc(C(=O)Nc4ccccc4)cc3)nnc12. The summed E-state index contributed by atoms with van der Waals surface area (Å²) in [6, 6.07) is 24.3. The fourth-order valence-corrected chi connectivity index (χ4v) is 4.64. The van der Waals surface area contributed by atoms with Gasteiger partial charge in [-0.1, -0.05) is 60.3 Å². The molecule has 0 unspecified atom stereocenters. The van der Waals surface area contributed by atoms with E-state index in [4.69, 9.17) is 0 Å². The quantitative estimate of drug-likeness (QED) is 0.275. The van der Waals surface area contributed by atoms with Crippen molar-refractivity contribution in [3.8, 4) is 0 Å².